The average molecular weight is 255 g/mol. The van der Waals surface area contributed by atoms with Crippen molar-refractivity contribution in [1.82, 2.24) is 5.32 Å². The topological polar surface area (TPSA) is 21.3 Å². The zero-order valence-electron chi connectivity index (χ0n) is 11.6. The minimum atomic E-state index is 0.878. The van der Waals surface area contributed by atoms with Gasteiger partial charge in [-0.2, -0.15) is 0 Å². The molecule has 0 atom stereocenters. The van der Waals surface area contributed by atoms with Crippen LogP contribution in [0.3, 0.4) is 0 Å². The molecule has 0 aliphatic carbocycles. The predicted octanol–water partition coefficient (Wildman–Crippen LogP) is 3.34. The van der Waals surface area contributed by atoms with Crippen LogP contribution in [0.1, 0.15) is 16.7 Å². The first-order valence-electron chi connectivity index (χ1n) is 6.68. The maximum absolute atomic E-state index is 5.22. The Hall–Kier alpha value is -1.80. The van der Waals surface area contributed by atoms with E-state index in [1.807, 2.05) is 12.1 Å². The molecule has 0 aliphatic heterocycles. The molecular formula is C17H21NO. The van der Waals surface area contributed by atoms with E-state index in [1.54, 1.807) is 7.11 Å². The number of methoxy groups -OCH3 is 1. The summed E-state index contributed by atoms with van der Waals surface area (Å²) in [6.07, 6.45) is 1.07. The van der Waals surface area contributed by atoms with Crippen LogP contribution in [0.5, 0.6) is 5.75 Å². The molecule has 0 amide bonds. The van der Waals surface area contributed by atoms with E-state index in [1.165, 1.54) is 16.7 Å². The van der Waals surface area contributed by atoms with Crippen LogP contribution < -0.4 is 10.1 Å². The quantitative estimate of drug-likeness (QED) is 0.799. The minimum absolute atomic E-state index is 0.878. The van der Waals surface area contributed by atoms with Gasteiger partial charge in [0.05, 0.1) is 7.11 Å². The van der Waals surface area contributed by atoms with Crippen LogP contribution in [-0.4, -0.2) is 13.7 Å². The zero-order valence-corrected chi connectivity index (χ0v) is 11.6. The number of nitrogens with one attached hydrogen (secondary N) is 1. The molecule has 0 saturated carbocycles. The molecule has 1 N–H and O–H groups in total. The smallest absolute Gasteiger partial charge is 0.119 e. The van der Waals surface area contributed by atoms with Gasteiger partial charge < -0.3 is 10.1 Å². The molecule has 0 saturated heterocycles. The summed E-state index contributed by atoms with van der Waals surface area (Å²) >= 11 is 0. The molecular weight excluding hydrogens is 234 g/mol. The molecule has 2 nitrogen and oxygen atoms in total. The maximum atomic E-state index is 5.22. The van der Waals surface area contributed by atoms with Crippen LogP contribution in [0.4, 0.5) is 0 Å². The van der Waals surface area contributed by atoms with Gasteiger partial charge in [-0.05, 0) is 48.7 Å². The molecule has 0 aliphatic rings. The summed E-state index contributed by atoms with van der Waals surface area (Å²) in [7, 11) is 1.70. The molecule has 0 fully saturated rings. The van der Waals surface area contributed by atoms with Gasteiger partial charge in [0.15, 0.2) is 0 Å². The van der Waals surface area contributed by atoms with Gasteiger partial charge in [-0.3, -0.25) is 0 Å². The van der Waals surface area contributed by atoms with Gasteiger partial charge >= 0.3 is 0 Å². The van der Waals surface area contributed by atoms with E-state index in [2.05, 4.69) is 48.6 Å². The van der Waals surface area contributed by atoms with Crippen LogP contribution in [0.25, 0.3) is 0 Å². The standard InChI is InChI=1S/C17H21NO/c1-14-6-3-4-8-16(14)10-11-18-13-15-7-5-9-17(12-15)19-2/h3-9,12,18H,10-11,13H2,1-2H3. The molecule has 2 rings (SSSR count). The lowest BCUT2D eigenvalue weighted by Gasteiger charge is -2.08. The summed E-state index contributed by atoms with van der Waals surface area (Å²) in [5.74, 6) is 0.915. The lowest BCUT2D eigenvalue weighted by Crippen LogP contribution is -2.17. The van der Waals surface area contributed by atoms with Gasteiger partial charge in [-0.25, -0.2) is 0 Å². The van der Waals surface area contributed by atoms with Gasteiger partial charge in [0.2, 0.25) is 0 Å². The summed E-state index contributed by atoms with van der Waals surface area (Å²) in [6.45, 7) is 4.03. The zero-order chi connectivity index (χ0) is 13.5. The SMILES string of the molecule is COc1cccc(CNCCc2ccccc2C)c1. The van der Waals surface area contributed by atoms with E-state index in [4.69, 9.17) is 4.74 Å². The summed E-state index contributed by atoms with van der Waals surface area (Å²) < 4.78 is 5.22. The Labute approximate surface area is 115 Å². The predicted molar refractivity (Wildman–Crippen MR) is 79.6 cm³/mol. The fourth-order valence-corrected chi connectivity index (χ4v) is 2.13. The van der Waals surface area contributed by atoms with Crippen LogP contribution in [0.2, 0.25) is 0 Å². The first-order chi connectivity index (χ1) is 9.29. The van der Waals surface area contributed by atoms with Crippen molar-refractivity contribution < 1.29 is 4.74 Å². The number of benzene rings is 2. The third-order valence-electron chi connectivity index (χ3n) is 3.30. The number of aryl methyl sites for hydroxylation is 1. The summed E-state index contributed by atoms with van der Waals surface area (Å²) in [6, 6.07) is 16.7. The highest BCUT2D eigenvalue weighted by molar-refractivity contribution is 5.28. The van der Waals surface area contributed by atoms with Crippen molar-refractivity contribution in [3.8, 4) is 5.75 Å². The molecule has 0 unspecified atom stereocenters. The molecule has 2 aromatic rings. The second-order valence-corrected chi connectivity index (χ2v) is 4.70. The van der Waals surface area contributed by atoms with E-state index in [0.717, 1.165) is 25.3 Å². The van der Waals surface area contributed by atoms with Crippen molar-refractivity contribution in [2.45, 2.75) is 19.9 Å². The summed E-state index contributed by atoms with van der Waals surface area (Å²) in [5.41, 5.74) is 4.04. The van der Waals surface area contributed by atoms with Crippen molar-refractivity contribution in [3.05, 3.63) is 65.2 Å². The monoisotopic (exact) mass is 255 g/mol. The van der Waals surface area contributed by atoms with Crippen LogP contribution >= 0.6 is 0 Å². The van der Waals surface area contributed by atoms with E-state index >= 15 is 0 Å². The Morgan fingerprint density at radius 3 is 2.68 bits per heavy atom. The molecule has 0 spiro atoms. The number of rotatable bonds is 6. The minimum Gasteiger partial charge on any atom is -0.497 e. The van der Waals surface area contributed by atoms with Crippen molar-refractivity contribution in [3.63, 3.8) is 0 Å². The largest absolute Gasteiger partial charge is 0.497 e. The molecule has 0 aromatic heterocycles. The van der Waals surface area contributed by atoms with Crippen molar-refractivity contribution in [2.24, 2.45) is 0 Å². The molecule has 2 heteroatoms. The Kier molecular flexibility index (Phi) is 4.99. The lowest BCUT2D eigenvalue weighted by molar-refractivity contribution is 0.414. The van der Waals surface area contributed by atoms with E-state index in [9.17, 15) is 0 Å². The second kappa shape index (κ2) is 6.95. The highest BCUT2D eigenvalue weighted by Gasteiger charge is 1.98. The summed E-state index contributed by atoms with van der Waals surface area (Å²) in [5, 5.41) is 3.47. The summed E-state index contributed by atoms with van der Waals surface area (Å²) in [4.78, 5) is 0. The second-order valence-electron chi connectivity index (χ2n) is 4.70. The van der Waals surface area contributed by atoms with Crippen LogP contribution in [0.15, 0.2) is 48.5 Å². The Bertz CT molecular complexity index is 522. The Morgan fingerprint density at radius 1 is 1.05 bits per heavy atom. The third kappa shape index (κ3) is 4.11. The average Bonchev–Trinajstić information content (AvgIpc) is 2.45. The fourth-order valence-electron chi connectivity index (χ4n) is 2.13. The van der Waals surface area contributed by atoms with Gasteiger partial charge in [0.1, 0.15) is 5.75 Å². The molecule has 19 heavy (non-hydrogen) atoms. The fraction of sp³-hybridized carbons (Fsp3) is 0.294. The van der Waals surface area contributed by atoms with E-state index in [0.29, 0.717) is 0 Å². The highest BCUT2D eigenvalue weighted by atomic mass is 16.5. The van der Waals surface area contributed by atoms with E-state index in [-0.39, 0.29) is 0 Å². The van der Waals surface area contributed by atoms with Crippen molar-refractivity contribution >= 4 is 0 Å². The first-order valence-corrected chi connectivity index (χ1v) is 6.68. The molecule has 0 bridgehead atoms. The molecule has 0 radical (unpaired) electrons. The van der Waals surface area contributed by atoms with Crippen molar-refractivity contribution in [2.75, 3.05) is 13.7 Å². The van der Waals surface area contributed by atoms with Crippen LogP contribution in [-0.2, 0) is 13.0 Å². The Morgan fingerprint density at radius 2 is 1.89 bits per heavy atom. The Balaban J connectivity index is 1.79. The van der Waals surface area contributed by atoms with Gasteiger partial charge in [0.25, 0.3) is 0 Å². The number of ether oxygens (including phenoxy) is 1. The van der Waals surface area contributed by atoms with Gasteiger partial charge in [0, 0.05) is 6.54 Å². The molecule has 100 valence electrons. The normalized spacial score (nSPS) is 10.4. The number of hydrogen-bond acceptors (Lipinski definition) is 2. The van der Waals surface area contributed by atoms with Crippen molar-refractivity contribution in [1.29, 1.82) is 0 Å². The third-order valence-corrected chi connectivity index (χ3v) is 3.30. The first kappa shape index (κ1) is 13.6. The van der Waals surface area contributed by atoms with Gasteiger partial charge in [-0.1, -0.05) is 36.4 Å². The van der Waals surface area contributed by atoms with Gasteiger partial charge in [-0.15, -0.1) is 0 Å². The molecule has 0 heterocycles. The maximum Gasteiger partial charge on any atom is 0.119 e. The van der Waals surface area contributed by atoms with E-state index < -0.39 is 0 Å². The molecule has 2 aromatic carbocycles. The lowest BCUT2D eigenvalue weighted by atomic mass is 10.1. The van der Waals surface area contributed by atoms with Crippen LogP contribution in [0, 0.1) is 6.92 Å². The number of hydrogen-bond donors (Lipinski definition) is 1. The highest BCUT2D eigenvalue weighted by Crippen LogP contribution is 2.12.